The molecule has 0 saturated heterocycles. The van der Waals surface area contributed by atoms with E-state index in [1.165, 1.54) is 0 Å². The first kappa shape index (κ1) is 16.0. The lowest BCUT2D eigenvalue weighted by Crippen LogP contribution is -2.21. The molecule has 0 unspecified atom stereocenters. The van der Waals surface area contributed by atoms with Crippen LogP contribution in [0.15, 0.2) is 54.9 Å². The molecule has 0 aliphatic carbocycles. The van der Waals surface area contributed by atoms with E-state index in [1.807, 2.05) is 43.4 Å². The van der Waals surface area contributed by atoms with Crippen molar-refractivity contribution < 1.29 is 5.11 Å². The van der Waals surface area contributed by atoms with Crippen LogP contribution in [0, 0.1) is 0 Å². The zero-order chi connectivity index (χ0) is 16.8. The topological polar surface area (TPSA) is 75.0 Å². The van der Waals surface area contributed by atoms with Crippen LogP contribution >= 0.6 is 0 Å². The summed E-state index contributed by atoms with van der Waals surface area (Å²) in [6.07, 6.45) is 4.35. The van der Waals surface area contributed by atoms with Crippen molar-refractivity contribution in [2.45, 2.75) is 13.0 Å². The van der Waals surface area contributed by atoms with Gasteiger partial charge in [-0.1, -0.05) is 12.1 Å². The molecule has 0 saturated carbocycles. The number of hydrogen-bond donors (Lipinski definition) is 1. The summed E-state index contributed by atoms with van der Waals surface area (Å²) in [4.78, 5) is 19.3. The van der Waals surface area contributed by atoms with Gasteiger partial charge in [-0.25, -0.2) is 4.98 Å². The zero-order valence-electron chi connectivity index (χ0n) is 13.5. The van der Waals surface area contributed by atoms with E-state index in [0.717, 1.165) is 24.4 Å². The summed E-state index contributed by atoms with van der Waals surface area (Å²) in [5.41, 5.74) is 2.46. The minimum absolute atomic E-state index is 0.0428. The molecule has 24 heavy (non-hydrogen) atoms. The molecule has 3 heterocycles. The smallest absolute Gasteiger partial charge is 0.214 e. The molecule has 0 radical (unpaired) electrons. The van der Waals surface area contributed by atoms with Gasteiger partial charge in [-0.2, -0.15) is 4.98 Å². The lowest BCUT2D eigenvalue weighted by atomic mass is 10.2. The van der Waals surface area contributed by atoms with E-state index in [4.69, 9.17) is 0 Å². The molecule has 1 N–H and O–H groups in total. The van der Waals surface area contributed by atoms with Crippen molar-refractivity contribution in [3.8, 4) is 17.4 Å². The Morgan fingerprint density at radius 3 is 2.46 bits per heavy atom. The third-order valence-electron chi connectivity index (χ3n) is 3.57. The number of likely N-dealkylation sites (N-methyl/N-ethyl adjacent to an activating group) is 1. The number of hydrogen-bond acceptors (Lipinski definition) is 6. The second kappa shape index (κ2) is 7.61. The van der Waals surface area contributed by atoms with E-state index in [9.17, 15) is 5.11 Å². The lowest BCUT2D eigenvalue weighted by molar-refractivity contribution is 0.324. The van der Waals surface area contributed by atoms with Crippen LogP contribution in [0.4, 0.5) is 0 Å². The number of aromatic nitrogens is 4. The molecule has 0 bridgehead atoms. The molecule has 6 heteroatoms. The van der Waals surface area contributed by atoms with Gasteiger partial charge in [0.15, 0.2) is 5.82 Å². The van der Waals surface area contributed by atoms with Gasteiger partial charge in [0.05, 0.1) is 5.69 Å². The highest BCUT2D eigenvalue weighted by Gasteiger charge is 2.09. The second-order valence-corrected chi connectivity index (χ2v) is 5.56. The second-order valence-electron chi connectivity index (χ2n) is 5.56. The molecular weight excluding hydrogens is 302 g/mol. The van der Waals surface area contributed by atoms with Crippen LogP contribution < -0.4 is 0 Å². The Labute approximate surface area is 140 Å². The van der Waals surface area contributed by atoms with E-state index in [0.29, 0.717) is 18.1 Å². The Balaban J connectivity index is 1.67. The maximum atomic E-state index is 9.87. The fourth-order valence-electron chi connectivity index (χ4n) is 2.38. The zero-order valence-corrected chi connectivity index (χ0v) is 13.5. The van der Waals surface area contributed by atoms with E-state index in [1.54, 1.807) is 18.5 Å². The molecule has 122 valence electrons. The molecule has 0 spiro atoms. The normalized spacial score (nSPS) is 10.9. The van der Waals surface area contributed by atoms with Crippen molar-refractivity contribution in [3.05, 3.63) is 66.2 Å². The van der Waals surface area contributed by atoms with Gasteiger partial charge in [-0.05, 0) is 31.3 Å². The van der Waals surface area contributed by atoms with Crippen LogP contribution in [0.3, 0.4) is 0 Å². The Kier molecular flexibility index (Phi) is 5.08. The van der Waals surface area contributed by atoms with Crippen LogP contribution in [-0.2, 0) is 13.0 Å². The quantitative estimate of drug-likeness (QED) is 0.751. The first-order valence-corrected chi connectivity index (χ1v) is 7.77. The molecule has 0 amide bonds. The van der Waals surface area contributed by atoms with Crippen LogP contribution in [0.2, 0.25) is 0 Å². The number of aromatic hydroxyl groups is 1. The lowest BCUT2D eigenvalue weighted by Gasteiger charge is -2.16. The van der Waals surface area contributed by atoms with Crippen molar-refractivity contribution >= 4 is 0 Å². The van der Waals surface area contributed by atoms with Crippen LogP contribution in [0.5, 0.6) is 5.88 Å². The monoisotopic (exact) mass is 321 g/mol. The molecule has 0 aromatic carbocycles. The first-order chi connectivity index (χ1) is 11.7. The Morgan fingerprint density at radius 2 is 1.75 bits per heavy atom. The van der Waals surface area contributed by atoms with Crippen molar-refractivity contribution in [2.75, 3.05) is 13.6 Å². The molecule has 3 aromatic rings. The third-order valence-corrected chi connectivity index (χ3v) is 3.57. The average Bonchev–Trinajstić information content (AvgIpc) is 2.61. The van der Waals surface area contributed by atoms with E-state index in [2.05, 4.69) is 24.8 Å². The SMILES string of the molecule is CN(CCc1ccccn1)Cc1cc(O)nc(-c2ccccn2)n1. The Morgan fingerprint density at radius 1 is 0.958 bits per heavy atom. The molecule has 3 aromatic heterocycles. The largest absolute Gasteiger partial charge is 0.493 e. The molecule has 0 aliphatic heterocycles. The van der Waals surface area contributed by atoms with Gasteiger partial charge in [0, 0.05) is 43.7 Å². The Bertz CT molecular complexity index is 780. The number of pyridine rings is 2. The van der Waals surface area contributed by atoms with Crippen molar-refractivity contribution in [2.24, 2.45) is 0 Å². The van der Waals surface area contributed by atoms with E-state index >= 15 is 0 Å². The summed E-state index contributed by atoms with van der Waals surface area (Å²) in [7, 11) is 2.02. The summed E-state index contributed by atoms with van der Waals surface area (Å²) in [5, 5.41) is 9.87. The summed E-state index contributed by atoms with van der Waals surface area (Å²) >= 11 is 0. The van der Waals surface area contributed by atoms with Gasteiger partial charge >= 0.3 is 0 Å². The molecule has 0 atom stereocenters. The molecule has 3 rings (SSSR count). The Hall–Kier alpha value is -2.86. The third kappa shape index (κ3) is 4.33. The number of rotatable bonds is 6. The molecule has 0 fully saturated rings. The summed E-state index contributed by atoms with van der Waals surface area (Å²) in [6.45, 7) is 1.46. The summed E-state index contributed by atoms with van der Waals surface area (Å²) in [6, 6.07) is 13.0. The van der Waals surface area contributed by atoms with Gasteiger partial charge in [0.25, 0.3) is 0 Å². The highest BCUT2D eigenvalue weighted by atomic mass is 16.3. The van der Waals surface area contributed by atoms with Gasteiger partial charge in [-0.15, -0.1) is 0 Å². The van der Waals surface area contributed by atoms with Crippen LogP contribution in [-0.4, -0.2) is 43.5 Å². The maximum Gasteiger partial charge on any atom is 0.214 e. The van der Waals surface area contributed by atoms with Crippen molar-refractivity contribution in [3.63, 3.8) is 0 Å². The molecule has 0 aliphatic rings. The minimum Gasteiger partial charge on any atom is -0.493 e. The molecular formula is C18H19N5O. The fourth-order valence-corrected chi connectivity index (χ4v) is 2.38. The highest BCUT2D eigenvalue weighted by molar-refractivity contribution is 5.49. The van der Waals surface area contributed by atoms with Gasteiger partial charge in [0.2, 0.25) is 5.88 Å². The van der Waals surface area contributed by atoms with Crippen molar-refractivity contribution in [1.29, 1.82) is 0 Å². The fraction of sp³-hybridized carbons (Fsp3) is 0.222. The van der Waals surface area contributed by atoms with Crippen molar-refractivity contribution in [1.82, 2.24) is 24.8 Å². The molecule has 6 nitrogen and oxygen atoms in total. The minimum atomic E-state index is -0.0428. The van der Waals surface area contributed by atoms with E-state index < -0.39 is 0 Å². The predicted molar refractivity (Wildman–Crippen MR) is 91.2 cm³/mol. The number of nitrogens with zero attached hydrogens (tertiary/aromatic N) is 5. The van der Waals surface area contributed by atoms with E-state index in [-0.39, 0.29) is 5.88 Å². The summed E-state index contributed by atoms with van der Waals surface area (Å²) < 4.78 is 0. The predicted octanol–water partition coefficient (Wildman–Crippen LogP) is 2.31. The highest BCUT2D eigenvalue weighted by Crippen LogP contribution is 2.17. The summed E-state index contributed by atoms with van der Waals surface area (Å²) in [5.74, 6) is 0.391. The van der Waals surface area contributed by atoms with Gasteiger partial charge in [-0.3, -0.25) is 9.97 Å². The maximum absolute atomic E-state index is 9.87. The standard InChI is InChI=1S/C18H19N5O/c1-23(11-8-14-6-2-4-9-19-14)13-15-12-17(24)22-18(21-15)16-7-3-5-10-20-16/h2-7,9-10,12H,8,11,13H2,1H3,(H,21,22,24). The van der Waals surface area contributed by atoms with Crippen LogP contribution in [0.25, 0.3) is 11.5 Å². The average molecular weight is 321 g/mol. The van der Waals surface area contributed by atoms with Gasteiger partial charge in [0.1, 0.15) is 5.69 Å². The van der Waals surface area contributed by atoms with Gasteiger partial charge < -0.3 is 10.0 Å². The first-order valence-electron chi connectivity index (χ1n) is 7.77. The van der Waals surface area contributed by atoms with Crippen LogP contribution in [0.1, 0.15) is 11.4 Å².